The molecule has 0 atom stereocenters. The van der Waals surface area contributed by atoms with E-state index in [-0.39, 0.29) is 12.0 Å². The molecule has 0 spiro atoms. The molecular formula is C17H26N2O3S. The van der Waals surface area contributed by atoms with Gasteiger partial charge in [-0.1, -0.05) is 29.8 Å². The van der Waals surface area contributed by atoms with Crippen molar-refractivity contribution in [3.63, 3.8) is 0 Å². The number of unbranched alkanes of at least 4 members (excludes halogenated alkanes) is 1. The van der Waals surface area contributed by atoms with Gasteiger partial charge in [0.15, 0.2) is 0 Å². The van der Waals surface area contributed by atoms with Gasteiger partial charge in [-0.25, -0.2) is 4.79 Å². The number of urea groups is 1. The molecule has 2 amide bonds. The van der Waals surface area contributed by atoms with E-state index in [0.717, 1.165) is 24.3 Å². The lowest BCUT2D eigenvalue weighted by atomic mass is 10.2. The number of nitrogens with one attached hydrogen (secondary N) is 2. The summed E-state index contributed by atoms with van der Waals surface area (Å²) in [5.74, 6) is 1.63. The summed E-state index contributed by atoms with van der Waals surface area (Å²) in [6, 6.07) is 8.34. The van der Waals surface area contributed by atoms with Gasteiger partial charge < -0.3 is 15.4 Å². The van der Waals surface area contributed by atoms with Crippen molar-refractivity contribution in [1.29, 1.82) is 0 Å². The third-order valence-corrected chi connectivity index (χ3v) is 4.27. The molecule has 0 unspecified atom stereocenters. The van der Waals surface area contributed by atoms with E-state index >= 15 is 0 Å². The maximum atomic E-state index is 11.5. The first-order chi connectivity index (χ1) is 11.1. The van der Waals surface area contributed by atoms with Gasteiger partial charge >= 0.3 is 12.0 Å². The standard InChI is InChI=1S/C17H26N2O3S/c1-14-6-8-15(9-7-14)13-23-12-11-19-17(21)18-10-4-3-5-16(20)22-2/h6-9H,3-5,10-13H2,1-2H3,(H2,18,19,21). The predicted molar refractivity (Wildman–Crippen MR) is 94.6 cm³/mol. The largest absolute Gasteiger partial charge is 0.469 e. The number of thioether (sulfide) groups is 1. The molecule has 0 saturated carbocycles. The molecule has 0 heterocycles. The second-order valence-corrected chi connectivity index (χ2v) is 6.36. The van der Waals surface area contributed by atoms with Gasteiger partial charge in [0, 0.05) is 31.0 Å². The molecule has 0 radical (unpaired) electrons. The summed E-state index contributed by atoms with van der Waals surface area (Å²) in [6.45, 7) is 3.29. The SMILES string of the molecule is COC(=O)CCCCNC(=O)NCCSCc1ccc(C)cc1. The second-order valence-electron chi connectivity index (χ2n) is 5.25. The molecule has 0 aliphatic heterocycles. The Morgan fingerprint density at radius 3 is 2.48 bits per heavy atom. The third kappa shape index (κ3) is 9.84. The molecule has 23 heavy (non-hydrogen) atoms. The van der Waals surface area contributed by atoms with Crippen LogP contribution in [0.1, 0.15) is 30.4 Å². The Bertz CT molecular complexity index is 477. The van der Waals surface area contributed by atoms with Crippen LogP contribution in [0.15, 0.2) is 24.3 Å². The number of hydrogen-bond acceptors (Lipinski definition) is 4. The van der Waals surface area contributed by atoms with Crippen LogP contribution >= 0.6 is 11.8 Å². The summed E-state index contributed by atoms with van der Waals surface area (Å²) in [7, 11) is 1.38. The van der Waals surface area contributed by atoms with E-state index in [1.807, 2.05) is 0 Å². The lowest BCUT2D eigenvalue weighted by molar-refractivity contribution is -0.140. The van der Waals surface area contributed by atoms with Crippen molar-refractivity contribution in [2.75, 3.05) is 26.0 Å². The minimum atomic E-state index is -0.208. The fourth-order valence-electron chi connectivity index (χ4n) is 1.87. The van der Waals surface area contributed by atoms with Crippen LogP contribution in [-0.4, -0.2) is 38.0 Å². The number of carbonyl (C=O) groups is 2. The maximum Gasteiger partial charge on any atom is 0.314 e. The molecule has 5 nitrogen and oxygen atoms in total. The molecule has 6 heteroatoms. The van der Waals surface area contributed by atoms with Gasteiger partial charge in [0.2, 0.25) is 0 Å². The Hall–Kier alpha value is -1.69. The second kappa shape index (κ2) is 11.8. The number of amides is 2. The van der Waals surface area contributed by atoms with Crippen LogP contribution < -0.4 is 10.6 Å². The Labute approximate surface area is 142 Å². The lowest BCUT2D eigenvalue weighted by Gasteiger charge is -2.07. The molecule has 0 bridgehead atoms. The lowest BCUT2D eigenvalue weighted by Crippen LogP contribution is -2.37. The molecule has 0 saturated heterocycles. The zero-order valence-corrected chi connectivity index (χ0v) is 14.7. The molecule has 1 aromatic carbocycles. The van der Waals surface area contributed by atoms with Gasteiger partial charge in [-0.2, -0.15) is 11.8 Å². The molecule has 2 N–H and O–H groups in total. The van der Waals surface area contributed by atoms with Gasteiger partial charge in [0.25, 0.3) is 0 Å². The number of hydrogen-bond donors (Lipinski definition) is 2. The molecule has 0 aromatic heterocycles. The Morgan fingerprint density at radius 2 is 1.78 bits per heavy atom. The smallest absolute Gasteiger partial charge is 0.314 e. The fourth-order valence-corrected chi connectivity index (χ4v) is 2.69. The average Bonchev–Trinajstić information content (AvgIpc) is 2.55. The van der Waals surface area contributed by atoms with E-state index in [1.165, 1.54) is 18.2 Å². The van der Waals surface area contributed by atoms with Crippen molar-refractivity contribution in [2.24, 2.45) is 0 Å². The van der Waals surface area contributed by atoms with Crippen molar-refractivity contribution < 1.29 is 14.3 Å². The van der Waals surface area contributed by atoms with Crippen LogP contribution in [0.4, 0.5) is 4.79 Å². The van der Waals surface area contributed by atoms with Gasteiger partial charge in [0.05, 0.1) is 7.11 Å². The number of benzene rings is 1. The predicted octanol–water partition coefficient (Wildman–Crippen LogP) is 2.87. The molecule has 0 aliphatic carbocycles. The number of rotatable bonds is 10. The Kier molecular flexibility index (Phi) is 9.95. The van der Waals surface area contributed by atoms with Crippen LogP contribution in [0.25, 0.3) is 0 Å². The number of esters is 1. The number of methoxy groups -OCH3 is 1. The highest BCUT2D eigenvalue weighted by Gasteiger charge is 2.01. The van der Waals surface area contributed by atoms with E-state index in [1.54, 1.807) is 11.8 Å². The summed E-state index contributed by atoms with van der Waals surface area (Å²) < 4.78 is 4.55. The normalized spacial score (nSPS) is 10.2. The molecule has 0 fully saturated rings. The monoisotopic (exact) mass is 338 g/mol. The Balaban J connectivity index is 1.95. The van der Waals surface area contributed by atoms with Crippen molar-refractivity contribution in [3.05, 3.63) is 35.4 Å². The Morgan fingerprint density at radius 1 is 1.09 bits per heavy atom. The van der Waals surface area contributed by atoms with E-state index in [0.29, 0.717) is 19.5 Å². The van der Waals surface area contributed by atoms with E-state index < -0.39 is 0 Å². The summed E-state index contributed by atoms with van der Waals surface area (Å²) >= 11 is 1.80. The van der Waals surface area contributed by atoms with Gasteiger partial charge in [-0.3, -0.25) is 4.79 Å². The molecule has 128 valence electrons. The van der Waals surface area contributed by atoms with Crippen molar-refractivity contribution in [2.45, 2.75) is 31.9 Å². The fraction of sp³-hybridized carbons (Fsp3) is 0.529. The van der Waals surface area contributed by atoms with Gasteiger partial charge in [-0.05, 0) is 25.3 Å². The highest BCUT2D eigenvalue weighted by atomic mass is 32.2. The van der Waals surface area contributed by atoms with E-state index in [4.69, 9.17) is 0 Å². The molecular weight excluding hydrogens is 312 g/mol. The van der Waals surface area contributed by atoms with Crippen LogP contribution in [0.5, 0.6) is 0 Å². The summed E-state index contributed by atoms with van der Waals surface area (Å²) in [5.41, 5.74) is 2.57. The first-order valence-corrected chi connectivity index (χ1v) is 8.99. The average molecular weight is 338 g/mol. The minimum absolute atomic E-state index is 0.154. The van der Waals surface area contributed by atoms with E-state index in [2.05, 4.69) is 46.6 Å². The first-order valence-electron chi connectivity index (χ1n) is 7.83. The number of carbonyl (C=O) groups excluding carboxylic acids is 2. The van der Waals surface area contributed by atoms with Crippen molar-refractivity contribution in [1.82, 2.24) is 10.6 Å². The summed E-state index contributed by atoms with van der Waals surface area (Å²) in [4.78, 5) is 22.5. The van der Waals surface area contributed by atoms with E-state index in [9.17, 15) is 9.59 Å². The van der Waals surface area contributed by atoms with Crippen LogP contribution in [0, 0.1) is 6.92 Å². The zero-order valence-electron chi connectivity index (χ0n) is 13.9. The molecule has 1 rings (SSSR count). The molecule has 0 aliphatic rings. The van der Waals surface area contributed by atoms with Gasteiger partial charge in [-0.15, -0.1) is 0 Å². The van der Waals surface area contributed by atoms with Gasteiger partial charge in [0.1, 0.15) is 0 Å². The highest BCUT2D eigenvalue weighted by molar-refractivity contribution is 7.98. The number of aryl methyl sites for hydroxylation is 1. The zero-order chi connectivity index (χ0) is 16.9. The minimum Gasteiger partial charge on any atom is -0.469 e. The third-order valence-electron chi connectivity index (χ3n) is 3.24. The highest BCUT2D eigenvalue weighted by Crippen LogP contribution is 2.12. The quantitative estimate of drug-likeness (QED) is 0.508. The first kappa shape index (κ1) is 19.4. The maximum absolute atomic E-state index is 11.5. The number of ether oxygens (including phenoxy) is 1. The van der Waals surface area contributed by atoms with Crippen molar-refractivity contribution in [3.8, 4) is 0 Å². The summed E-state index contributed by atoms with van der Waals surface area (Å²) in [6.07, 6.45) is 1.89. The molecule has 1 aromatic rings. The van der Waals surface area contributed by atoms with Crippen molar-refractivity contribution >= 4 is 23.8 Å². The summed E-state index contributed by atoms with van der Waals surface area (Å²) in [5, 5.41) is 5.60. The van der Waals surface area contributed by atoms with Crippen LogP contribution in [0.2, 0.25) is 0 Å². The van der Waals surface area contributed by atoms with Crippen LogP contribution in [-0.2, 0) is 15.3 Å². The topological polar surface area (TPSA) is 67.4 Å². The van der Waals surface area contributed by atoms with Crippen LogP contribution in [0.3, 0.4) is 0 Å².